The maximum Gasteiger partial charge on any atom is 0.251 e. The Labute approximate surface area is 191 Å². The fourth-order valence-corrected chi connectivity index (χ4v) is 3.84. The van der Waals surface area contributed by atoms with Gasteiger partial charge >= 0.3 is 0 Å². The number of aromatic nitrogens is 2. The molecule has 1 N–H and O–H groups in total. The van der Waals surface area contributed by atoms with Crippen molar-refractivity contribution in [2.75, 3.05) is 18.0 Å². The summed E-state index contributed by atoms with van der Waals surface area (Å²) in [5.41, 5.74) is 1.57. The van der Waals surface area contributed by atoms with Crippen LogP contribution in [0.15, 0.2) is 83.6 Å². The Morgan fingerprint density at radius 2 is 1.97 bits per heavy atom. The zero-order chi connectivity index (χ0) is 22.1. The van der Waals surface area contributed by atoms with Crippen molar-refractivity contribution < 1.29 is 9.21 Å². The van der Waals surface area contributed by atoms with Gasteiger partial charge < -0.3 is 14.6 Å². The molecule has 1 amide bonds. The number of nitrogens with zero attached hydrogens (tertiary/aromatic N) is 3. The molecule has 1 aromatic carbocycles. The van der Waals surface area contributed by atoms with Gasteiger partial charge in [0.05, 0.1) is 12.8 Å². The number of benzene rings is 1. The second-order valence-electron chi connectivity index (χ2n) is 6.56. The quantitative estimate of drug-likeness (QED) is 0.187. The molecule has 0 aliphatic rings. The molecule has 0 aliphatic carbocycles. The van der Waals surface area contributed by atoms with Crippen molar-refractivity contribution in [1.82, 2.24) is 15.3 Å². The molecule has 0 saturated heterocycles. The zero-order valence-electron chi connectivity index (χ0n) is 17.0. The van der Waals surface area contributed by atoms with Crippen molar-refractivity contribution in [3.8, 4) is 0 Å². The van der Waals surface area contributed by atoms with Crippen LogP contribution >= 0.6 is 23.4 Å². The highest BCUT2D eigenvalue weighted by molar-refractivity contribution is 7.98. The van der Waals surface area contributed by atoms with E-state index in [2.05, 4.69) is 28.4 Å². The number of hydrogen-bond donors (Lipinski definition) is 1. The van der Waals surface area contributed by atoms with E-state index >= 15 is 0 Å². The van der Waals surface area contributed by atoms with Crippen molar-refractivity contribution in [3.63, 3.8) is 0 Å². The molecule has 0 fully saturated rings. The molecule has 0 unspecified atom stereocenters. The molecule has 3 rings (SSSR count). The first-order valence-electron chi connectivity index (χ1n) is 9.62. The van der Waals surface area contributed by atoms with Gasteiger partial charge in [-0.1, -0.05) is 47.6 Å². The molecule has 160 valence electrons. The number of carbonyl (C=O) groups excluding carboxylic acids is 1. The summed E-state index contributed by atoms with van der Waals surface area (Å²) in [7, 11) is 0. The normalized spacial score (nSPS) is 10.5. The standard InChI is InChI=1S/C23H23ClN4O2S/c1-3-10-28(11-4-2)21-14-20(24)26-23(27-21)31-16-17-7-5-8-18(13-17)22(29)25-15-19-9-6-12-30-19/h3-9,12-14H,1-2,10-11,15-16H2,(H,25,29). The van der Waals surface area contributed by atoms with Gasteiger partial charge in [-0.25, -0.2) is 9.97 Å². The summed E-state index contributed by atoms with van der Waals surface area (Å²) in [6, 6.07) is 12.8. The molecule has 8 heteroatoms. The summed E-state index contributed by atoms with van der Waals surface area (Å²) in [5, 5.41) is 3.79. The van der Waals surface area contributed by atoms with E-state index in [0.29, 0.717) is 52.8 Å². The fraction of sp³-hybridized carbons (Fsp3) is 0.174. The topological polar surface area (TPSA) is 71.3 Å². The molecule has 0 saturated carbocycles. The van der Waals surface area contributed by atoms with E-state index in [1.54, 1.807) is 36.6 Å². The Hall–Kier alpha value is -3.03. The number of hydrogen-bond acceptors (Lipinski definition) is 6. The molecule has 2 heterocycles. The molecule has 2 aromatic heterocycles. The van der Waals surface area contributed by atoms with E-state index < -0.39 is 0 Å². The van der Waals surface area contributed by atoms with E-state index in [1.807, 2.05) is 29.2 Å². The Morgan fingerprint density at radius 1 is 1.16 bits per heavy atom. The summed E-state index contributed by atoms with van der Waals surface area (Å²) >= 11 is 7.67. The van der Waals surface area contributed by atoms with Gasteiger partial charge in [0, 0.05) is 30.5 Å². The Balaban J connectivity index is 1.65. The number of halogens is 1. The third kappa shape index (κ3) is 6.73. The minimum absolute atomic E-state index is 0.158. The zero-order valence-corrected chi connectivity index (χ0v) is 18.5. The lowest BCUT2D eigenvalue weighted by Crippen LogP contribution is -2.24. The van der Waals surface area contributed by atoms with Gasteiger partial charge in [-0.15, -0.1) is 13.2 Å². The third-order valence-corrected chi connectivity index (χ3v) is 5.36. The first kappa shape index (κ1) is 22.7. The average molecular weight is 455 g/mol. The number of thioether (sulfide) groups is 1. The van der Waals surface area contributed by atoms with E-state index in [1.165, 1.54) is 11.8 Å². The minimum atomic E-state index is -0.158. The summed E-state index contributed by atoms with van der Waals surface area (Å²) in [6.07, 6.45) is 5.18. The van der Waals surface area contributed by atoms with Crippen LogP contribution in [0.2, 0.25) is 5.15 Å². The summed E-state index contributed by atoms with van der Waals surface area (Å²) in [4.78, 5) is 23.4. The SMILES string of the molecule is C=CCN(CC=C)c1cc(Cl)nc(SCc2cccc(C(=O)NCc3ccco3)c2)n1. The number of rotatable bonds is 11. The van der Waals surface area contributed by atoms with Gasteiger partial charge in [0.1, 0.15) is 16.7 Å². The molecule has 0 radical (unpaired) electrons. The molecule has 3 aromatic rings. The van der Waals surface area contributed by atoms with Crippen LogP contribution in [0.3, 0.4) is 0 Å². The van der Waals surface area contributed by atoms with Gasteiger partial charge in [0.25, 0.3) is 5.91 Å². The smallest absolute Gasteiger partial charge is 0.251 e. The maximum absolute atomic E-state index is 12.4. The molecule has 0 spiro atoms. The molecule has 0 aliphatic heterocycles. The van der Waals surface area contributed by atoms with Crippen LogP contribution in [-0.2, 0) is 12.3 Å². The highest BCUT2D eigenvalue weighted by Crippen LogP contribution is 2.25. The number of anilines is 1. The number of carbonyl (C=O) groups is 1. The van der Waals surface area contributed by atoms with E-state index in [-0.39, 0.29) is 5.91 Å². The average Bonchev–Trinajstić information content (AvgIpc) is 3.29. The number of amides is 1. The molecule has 31 heavy (non-hydrogen) atoms. The maximum atomic E-state index is 12.4. The highest BCUT2D eigenvalue weighted by Gasteiger charge is 2.11. The molecule has 0 bridgehead atoms. The molecule has 6 nitrogen and oxygen atoms in total. The number of nitrogens with one attached hydrogen (secondary N) is 1. The summed E-state index contributed by atoms with van der Waals surface area (Å²) in [6.45, 7) is 9.16. The van der Waals surface area contributed by atoms with Crippen LogP contribution < -0.4 is 10.2 Å². The van der Waals surface area contributed by atoms with E-state index in [9.17, 15) is 4.79 Å². The van der Waals surface area contributed by atoms with Gasteiger partial charge in [-0.2, -0.15) is 0 Å². The lowest BCUT2D eigenvalue weighted by Gasteiger charge is -2.20. The second kappa shape index (κ2) is 11.4. The van der Waals surface area contributed by atoms with Crippen molar-refractivity contribution >= 4 is 35.1 Å². The van der Waals surface area contributed by atoms with Gasteiger partial charge in [-0.3, -0.25) is 4.79 Å². The lowest BCUT2D eigenvalue weighted by molar-refractivity contribution is 0.0948. The van der Waals surface area contributed by atoms with Gasteiger partial charge in [0.15, 0.2) is 5.16 Å². The van der Waals surface area contributed by atoms with Gasteiger partial charge in [-0.05, 0) is 29.8 Å². The van der Waals surface area contributed by atoms with Crippen LogP contribution in [0.4, 0.5) is 5.82 Å². The Kier molecular flexibility index (Phi) is 8.32. The monoisotopic (exact) mass is 454 g/mol. The molecule has 0 atom stereocenters. The second-order valence-corrected chi connectivity index (χ2v) is 7.89. The van der Waals surface area contributed by atoms with Crippen LogP contribution in [0, 0.1) is 0 Å². The van der Waals surface area contributed by atoms with Crippen molar-refractivity contribution in [2.24, 2.45) is 0 Å². The summed E-state index contributed by atoms with van der Waals surface area (Å²) < 4.78 is 5.24. The number of furan rings is 1. The Morgan fingerprint density at radius 3 is 2.68 bits per heavy atom. The van der Waals surface area contributed by atoms with Crippen LogP contribution in [-0.4, -0.2) is 29.0 Å². The molecular weight excluding hydrogens is 432 g/mol. The van der Waals surface area contributed by atoms with Crippen LogP contribution in [0.1, 0.15) is 21.7 Å². The third-order valence-electron chi connectivity index (χ3n) is 4.24. The van der Waals surface area contributed by atoms with Crippen molar-refractivity contribution in [2.45, 2.75) is 17.5 Å². The largest absolute Gasteiger partial charge is 0.467 e. The van der Waals surface area contributed by atoms with Crippen molar-refractivity contribution in [3.05, 3.63) is 96.1 Å². The first-order chi connectivity index (χ1) is 15.1. The minimum Gasteiger partial charge on any atom is -0.467 e. The van der Waals surface area contributed by atoms with Crippen molar-refractivity contribution in [1.29, 1.82) is 0 Å². The predicted molar refractivity (Wildman–Crippen MR) is 126 cm³/mol. The summed E-state index contributed by atoms with van der Waals surface area (Å²) in [5.74, 6) is 1.86. The molecular formula is C23H23ClN4O2S. The van der Waals surface area contributed by atoms with Crippen LogP contribution in [0.25, 0.3) is 0 Å². The highest BCUT2D eigenvalue weighted by atomic mass is 35.5. The van der Waals surface area contributed by atoms with Crippen LogP contribution in [0.5, 0.6) is 0 Å². The lowest BCUT2D eigenvalue weighted by atomic mass is 10.1. The van der Waals surface area contributed by atoms with E-state index in [4.69, 9.17) is 16.0 Å². The fourth-order valence-electron chi connectivity index (χ4n) is 2.82. The van der Waals surface area contributed by atoms with Gasteiger partial charge in [0.2, 0.25) is 0 Å². The van der Waals surface area contributed by atoms with E-state index in [0.717, 1.165) is 5.56 Å². The predicted octanol–water partition coefficient (Wildman–Crippen LogP) is 5.12. The first-order valence-corrected chi connectivity index (χ1v) is 11.0. The Bertz CT molecular complexity index is 1030.